The van der Waals surface area contributed by atoms with Crippen molar-refractivity contribution in [2.75, 3.05) is 13.1 Å². The summed E-state index contributed by atoms with van der Waals surface area (Å²) in [4.78, 5) is 19.3. The summed E-state index contributed by atoms with van der Waals surface area (Å²) in [5.74, 6) is 0. The van der Waals surface area contributed by atoms with Crippen molar-refractivity contribution in [2.24, 2.45) is 0 Å². The third-order valence-electron chi connectivity index (χ3n) is 6.54. The molecule has 0 bridgehead atoms. The summed E-state index contributed by atoms with van der Waals surface area (Å²) in [6.07, 6.45) is 1.34. The second kappa shape index (κ2) is 10.8. The van der Waals surface area contributed by atoms with Crippen LogP contribution in [0.15, 0.2) is 66.9 Å². The van der Waals surface area contributed by atoms with Gasteiger partial charge in [-0.05, 0) is 53.1 Å². The van der Waals surface area contributed by atoms with Crippen molar-refractivity contribution in [2.45, 2.75) is 25.7 Å². The molecule has 2 aromatic heterocycles. The van der Waals surface area contributed by atoms with E-state index in [2.05, 4.69) is 15.2 Å². The Hall–Kier alpha value is -3.33. The lowest BCUT2D eigenvalue weighted by atomic mass is 10.0. The maximum Gasteiger partial charge on any atom is 0.417 e. The van der Waals surface area contributed by atoms with Crippen LogP contribution < -0.4 is 5.32 Å². The van der Waals surface area contributed by atoms with Crippen LogP contribution in [0, 0.1) is 0 Å². The summed E-state index contributed by atoms with van der Waals surface area (Å²) in [6, 6.07) is 14.2. The summed E-state index contributed by atoms with van der Waals surface area (Å²) in [5, 5.41) is 3.83. The average molecular weight is 559 g/mol. The number of fused-ring (bicyclic) bond motifs is 3. The second-order valence-corrected chi connectivity index (χ2v) is 9.87. The van der Waals surface area contributed by atoms with Gasteiger partial charge in [0.05, 0.1) is 11.1 Å². The lowest BCUT2D eigenvalue weighted by Gasteiger charge is -2.27. The predicted octanol–water partition coefficient (Wildman–Crippen LogP) is 7.19. The molecule has 5 nitrogen and oxygen atoms in total. The van der Waals surface area contributed by atoms with E-state index in [-0.39, 0.29) is 17.4 Å². The van der Waals surface area contributed by atoms with Gasteiger partial charge in [0.15, 0.2) is 0 Å². The topological polar surface area (TPSA) is 50.2 Å². The number of rotatable bonds is 5. The quantitative estimate of drug-likeness (QED) is 0.264. The monoisotopic (exact) mass is 558 g/mol. The van der Waals surface area contributed by atoms with Crippen molar-refractivity contribution >= 4 is 46.2 Å². The summed E-state index contributed by atoms with van der Waals surface area (Å²) < 4.78 is 43.6. The first-order valence-corrected chi connectivity index (χ1v) is 12.7. The highest BCUT2D eigenvalue weighted by atomic mass is 35.5. The van der Waals surface area contributed by atoms with Crippen LogP contribution in [0.4, 0.5) is 18.0 Å². The number of hydrogen-bond donors (Lipinski definition) is 1. The van der Waals surface area contributed by atoms with Crippen LogP contribution >= 0.6 is 23.2 Å². The average Bonchev–Trinajstić information content (AvgIpc) is 3.22. The van der Waals surface area contributed by atoms with Gasteiger partial charge in [0.2, 0.25) is 0 Å². The van der Waals surface area contributed by atoms with Crippen LogP contribution in [0.1, 0.15) is 27.9 Å². The number of carbonyl (C=O) groups excluding carboxylic acids is 1. The normalized spacial score (nSPS) is 14.2. The van der Waals surface area contributed by atoms with Crippen molar-refractivity contribution in [3.8, 4) is 0 Å². The van der Waals surface area contributed by atoms with Crippen LogP contribution in [-0.2, 0) is 25.7 Å². The zero-order valence-corrected chi connectivity index (χ0v) is 21.6. The number of alkyl halides is 3. The summed E-state index contributed by atoms with van der Waals surface area (Å²) in [6.45, 7) is 1.61. The maximum absolute atomic E-state index is 14.1. The van der Waals surface area contributed by atoms with Gasteiger partial charge in [0, 0.05) is 54.9 Å². The van der Waals surface area contributed by atoms with Crippen LogP contribution in [0.25, 0.3) is 17.0 Å². The predicted molar refractivity (Wildman–Crippen MR) is 143 cm³/mol. The molecule has 0 unspecified atom stereocenters. The van der Waals surface area contributed by atoms with Gasteiger partial charge in [0.1, 0.15) is 5.15 Å². The van der Waals surface area contributed by atoms with Gasteiger partial charge in [-0.1, -0.05) is 53.6 Å². The molecule has 0 radical (unpaired) electrons. The number of aromatic nitrogens is 2. The maximum atomic E-state index is 14.1. The zero-order valence-electron chi connectivity index (χ0n) is 20.1. The molecule has 1 aliphatic heterocycles. The van der Waals surface area contributed by atoms with Crippen molar-refractivity contribution in [3.63, 3.8) is 0 Å². The number of hydrogen-bond acceptors (Lipinski definition) is 3. The van der Waals surface area contributed by atoms with E-state index in [0.29, 0.717) is 47.5 Å². The van der Waals surface area contributed by atoms with Gasteiger partial charge in [-0.25, -0.2) is 9.78 Å². The first-order valence-electron chi connectivity index (χ1n) is 12.0. The third kappa shape index (κ3) is 5.57. The number of pyridine rings is 1. The Kier molecular flexibility index (Phi) is 7.47. The summed E-state index contributed by atoms with van der Waals surface area (Å²) >= 11 is 11.9. The number of nitrogens with one attached hydrogen (secondary N) is 1. The minimum absolute atomic E-state index is 0.0727. The first kappa shape index (κ1) is 26.3. The Labute approximate surface area is 227 Å². The van der Waals surface area contributed by atoms with E-state index in [1.807, 2.05) is 24.3 Å². The van der Waals surface area contributed by atoms with Gasteiger partial charge >= 0.3 is 12.2 Å². The molecular formula is C28H23Cl2F3N4O. The highest BCUT2D eigenvalue weighted by molar-refractivity contribution is 6.30. The Bertz CT molecular complexity index is 1510. The molecule has 0 spiro atoms. The Morgan fingerprint density at radius 3 is 2.63 bits per heavy atom. The molecular weight excluding hydrogens is 536 g/mol. The molecule has 0 fully saturated rings. The largest absolute Gasteiger partial charge is 0.417 e. The fourth-order valence-electron chi connectivity index (χ4n) is 4.81. The number of amides is 1. The molecule has 0 saturated carbocycles. The van der Waals surface area contributed by atoms with Crippen LogP contribution in [0.5, 0.6) is 0 Å². The Morgan fingerprint density at radius 1 is 1.11 bits per heavy atom. The van der Waals surface area contributed by atoms with Gasteiger partial charge in [-0.2, -0.15) is 13.2 Å². The molecule has 2 aromatic carbocycles. The zero-order chi connectivity index (χ0) is 26.9. The Balaban J connectivity index is 1.45. The van der Waals surface area contributed by atoms with E-state index in [1.165, 1.54) is 16.8 Å². The van der Waals surface area contributed by atoms with E-state index >= 15 is 0 Å². The summed E-state index contributed by atoms with van der Waals surface area (Å²) in [7, 11) is 0. The van der Waals surface area contributed by atoms with Crippen LogP contribution in [0.3, 0.4) is 0 Å². The molecule has 1 amide bonds. The van der Waals surface area contributed by atoms with E-state index in [4.69, 9.17) is 23.2 Å². The van der Waals surface area contributed by atoms with Crippen molar-refractivity contribution in [3.05, 3.63) is 105 Å². The van der Waals surface area contributed by atoms with E-state index in [9.17, 15) is 18.0 Å². The third-order valence-corrected chi connectivity index (χ3v) is 7.00. The van der Waals surface area contributed by atoms with Gasteiger partial charge in [-0.15, -0.1) is 0 Å². The molecule has 0 aliphatic carbocycles. The molecule has 1 N–H and O–H groups in total. The fourth-order valence-corrected chi connectivity index (χ4v) is 5.14. The van der Waals surface area contributed by atoms with E-state index in [0.717, 1.165) is 17.2 Å². The molecule has 4 aromatic rings. The minimum Gasteiger partial charge on any atom is -0.333 e. The fraction of sp³-hybridized carbons (Fsp3) is 0.214. The SMILES string of the molecule is O=C(NCc1ccnc(Cl)c1)n1c2c(c3c(C(F)(F)F)cccc31)CN(CC=Cc1ccc(Cl)cc1)CC2. The number of benzene rings is 2. The van der Waals surface area contributed by atoms with Gasteiger partial charge in [0.25, 0.3) is 0 Å². The van der Waals surface area contributed by atoms with Gasteiger partial charge in [-0.3, -0.25) is 9.47 Å². The summed E-state index contributed by atoms with van der Waals surface area (Å²) in [5.41, 5.74) is 2.35. The van der Waals surface area contributed by atoms with Crippen LogP contribution in [-0.4, -0.2) is 33.6 Å². The molecule has 1 aliphatic rings. The van der Waals surface area contributed by atoms with Crippen molar-refractivity contribution in [1.29, 1.82) is 0 Å². The molecule has 10 heteroatoms. The lowest BCUT2D eigenvalue weighted by molar-refractivity contribution is -0.136. The van der Waals surface area contributed by atoms with Crippen molar-refractivity contribution in [1.82, 2.24) is 19.8 Å². The smallest absolute Gasteiger partial charge is 0.333 e. The van der Waals surface area contributed by atoms with E-state index < -0.39 is 17.8 Å². The standard InChI is InChI=1S/C28H23Cl2F3N4O/c29-20-8-6-18(7-9-20)3-2-13-36-14-11-23-21(17-36)26-22(28(31,32)33)4-1-5-24(26)37(23)27(38)35-16-19-10-12-34-25(30)15-19/h1-10,12,15H,11,13-14,16-17H2,(H,35,38). The highest BCUT2D eigenvalue weighted by Crippen LogP contribution is 2.40. The number of carbonyl (C=O) groups is 1. The molecule has 0 saturated heterocycles. The molecule has 3 heterocycles. The molecule has 0 atom stereocenters. The van der Waals surface area contributed by atoms with E-state index in [1.54, 1.807) is 30.3 Å². The minimum atomic E-state index is -4.56. The van der Waals surface area contributed by atoms with Crippen molar-refractivity contribution < 1.29 is 18.0 Å². The first-order chi connectivity index (χ1) is 18.2. The Morgan fingerprint density at radius 2 is 1.89 bits per heavy atom. The molecule has 38 heavy (non-hydrogen) atoms. The number of halogens is 5. The molecule has 196 valence electrons. The van der Waals surface area contributed by atoms with Crippen LogP contribution in [0.2, 0.25) is 10.2 Å². The lowest BCUT2D eigenvalue weighted by Crippen LogP contribution is -2.34. The van der Waals surface area contributed by atoms with Gasteiger partial charge < -0.3 is 5.32 Å². The molecule has 5 rings (SSSR count). The second-order valence-electron chi connectivity index (χ2n) is 9.04. The number of nitrogens with zero attached hydrogens (tertiary/aromatic N) is 3. The highest BCUT2D eigenvalue weighted by Gasteiger charge is 2.37.